The van der Waals surface area contributed by atoms with Crippen molar-refractivity contribution in [3.05, 3.63) is 11.6 Å². The highest BCUT2D eigenvalue weighted by Gasteiger charge is 2.61. The van der Waals surface area contributed by atoms with Crippen LogP contribution < -0.4 is 0 Å². The van der Waals surface area contributed by atoms with Gasteiger partial charge in [-0.1, -0.05) is 6.08 Å². The molecule has 3 aliphatic rings. The average molecular weight is 349 g/mol. The Hall–Kier alpha value is -0.210. The molecule has 0 amide bonds. The number of hydrogen-bond acceptors (Lipinski definition) is 6. The summed E-state index contributed by atoms with van der Waals surface area (Å²) in [7, 11) is 3.12. The molecule has 6 nitrogen and oxygen atoms in total. The Morgan fingerprint density at radius 1 is 1.00 bits per heavy atom. The van der Waals surface area contributed by atoms with Crippen molar-refractivity contribution in [3.63, 3.8) is 0 Å². The smallest absolute Gasteiger partial charge is 0.220 e. The molecule has 0 aromatic carbocycles. The Kier molecular flexibility index (Phi) is 4.33. The highest BCUT2D eigenvalue weighted by molar-refractivity contribution is 6.22. The summed E-state index contributed by atoms with van der Waals surface area (Å²) >= 11 is 6.51. The van der Waals surface area contributed by atoms with Crippen LogP contribution in [0.2, 0.25) is 0 Å². The van der Waals surface area contributed by atoms with Gasteiger partial charge in [-0.2, -0.15) is 0 Å². The standard InChI is InChI=1S/C16H25ClO6/c1-14(2)20-8-9-7-10(17)12-13(11(9)21-14)23-16(4,19-6)15(3,18-5)22-12/h7,10-13H,8H2,1-6H3/t10-,11+,12-,13-,15+,16+/m0/s1. The Morgan fingerprint density at radius 3 is 2.13 bits per heavy atom. The van der Waals surface area contributed by atoms with Gasteiger partial charge in [-0.3, -0.25) is 0 Å². The second kappa shape index (κ2) is 5.66. The number of fused-ring (bicyclic) bond motifs is 3. The molecule has 23 heavy (non-hydrogen) atoms. The summed E-state index contributed by atoms with van der Waals surface area (Å²) in [6.45, 7) is 7.79. The zero-order chi connectivity index (χ0) is 17.0. The Morgan fingerprint density at radius 2 is 1.57 bits per heavy atom. The topological polar surface area (TPSA) is 55.4 Å². The Balaban J connectivity index is 1.96. The van der Waals surface area contributed by atoms with Crippen molar-refractivity contribution in [1.29, 1.82) is 0 Å². The van der Waals surface area contributed by atoms with Crippen LogP contribution in [-0.2, 0) is 28.4 Å². The predicted molar refractivity (Wildman–Crippen MR) is 83.2 cm³/mol. The second-order valence-electron chi connectivity index (χ2n) is 6.88. The molecule has 3 rings (SSSR count). The van der Waals surface area contributed by atoms with Crippen molar-refractivity contribution >= 4 is 11.6 Å². The SMILES string of the molecule is CO[C@]1(C)O[C@@H]2[C@@H](O[C@@]1(C)OC)[C@@H](Cl)C=C1COC(C)(C)O[C@H]12. The quantitative estimate of drug-likeness (QED) is 0.563. The molecule has 0 aromatic heterocycles. The maximum Gasteiger partial charge on any atom is 0.220 e. The van der Waals surface area contributed by atoms with E-state index in [0.29, 0.717) is 6.61 Å². The fourth-order valence-corrected chi connectivity index (χ4v) is 3.65. The number of ether oxygens (including phenoxy) is 6. The van der Waals surface area contributed by atoms with Crippen LogP contribution in [0.5, 0.6) is 0 Å². The molecule has 0 aromatic rings. The minimum Gasteiger partial charge on any atom is -0.349 e. The van der Waals surface area contributed by atoms with E-state index in [4.69, 9.17) is 40.0 Å². The fourth-order valence-electron chi connectivity index (χ4n) is 3.29. The number of rotatable bonds is 2. The van der Waals surface area contributed by atoms with Gasteiger partial charge in [0.25, 0.3) is 0 Å². The molecule has 2 fully saturated rings. The van der Waals surface area contributed by atoms with E-state index < -0.39 is 29.6 Å². The van der Waals surface area contributed by atoms with E-state index in [9.17, 15) is 0 Å². The normalized spacial score (nSPS) is 49.1. The second-order valence-corrected chi connectivity index (χ2v) is 7.38. The molecule has 2 saturated heterocycles. The monoisotopic (exact) mass is 348 g/mol. The molecule has 0 radical (unpaired) electrons. The van der Waals surface area contributed by atoms with E-state index in [2.05, 4.69) is 0 Å². The van der Waals surface area contributed by atoms with Crippen LogP contribution in [0.1, 0.15) is 27.7 Å². The Labute approximate surface area is 141 Å². The van der Waals surface area contributed by atoms with Gasteiger partial charge < -0.3 is 28.4 Å². The fraction of sp³-hybridized carbons (Fsp3) is 0.875. The van der Waals surface area contributed by atoms with Crippen LogP contribution in [0.25, 0.3) is 0 Å². The minimum absolute atomic E-state index is 0.297. The van der Waals surface area contributed by atoms with Crippen molar-refractivity contribution < 1.29 is 28.4 Å². The van der Waals surface area contributed by atoms with Crippen LogP contribution in [0.4, 0.5) is 0 Å². The van der Waals surface area contributed by atoms with Crippen molar-refractivity contribution in [2.75, 3.05) is 20.8 Å². The van der Waals surface area contributed by atoms with Crippen molar-refractivity contribution in [2.45, 2.75) is 68.7 Å². The lowest BCUT2D eigenvalue weighted by Gasteiger charge is -2.56. The van der Waals surface area contributed by atoms with Gasteiger partial charge in [0.1, 0.15) is 18.3 Å². The molecular weight excluding hydrogens is 324 g/mol. The highest BCUT2D eigenvalue weighted by Crippen LogP contribution is 2.46. The molecule has 2 heterocycles. The zero-order valence-electron chi connectivity index (χ0n) is 14.4. The van der Waals surface area contributed by atoms with Crippen LogP contribution in [-0.4, -0.2) is 61.9 Å². The summed E-state index contributed by atoms with van der Waals surface area (Å²) in [5, 5.41) is -0.365. The van der Waals surface area contributed by atoms with E-state index in [-0.39, 0.29) is 11.5 Å². The predicted octanol–water partition coefficient (Wildman–Crippen LogP) is 2.19. The average Bonchev–Trinajstić information content (AvgIpc) is 2.50. The van der Waals surface area contributed by atoms with Crippen molar-refractivity contribution in [3.8, 4) is 0 Å². The summed E-state index contributed by atoms with van der Waals surface area (Å²) in [6.07, 6.45) is 0.813. The lowest BCUT2D eigenvalue weighted by Crippen LogP contribution is -2.70. The van der Waals surface area contributed by atoms with E-state index in [0.717, 1.165) is 5.57 Å². The van der Waals surface area contributed by atoms with Crippen LogP contribution in [0.3, 0.4) is 0 Å². The molecule has 132 valence electrons. The van der Waals surface area contributed by atoms with Crippen LogP contribution >= 0.6 is 11.6 Å². The number of methoxy groups -OCH3 is 2. The first-order valence-electron chi connectivity index (χ1n) is 7.77. The zero-order valence-corrected chi connectivity index (χ0v) is 15.2. The van der Waals surface area contributed by atoms with Gasteiger partial charge in [0.2, 0.25) is 11.6 Å². The minimum atomic E-state index is -1.09. The van der Waals surface area contributed by atoms with Gasteiger partial charge in [-0.05, 0) is 33.3 Å². The molecule has 0 spiro atoms. The molecule has 1 aliphatic carbocycles. The van der Waals surface area contributed by atoms with Gasteiger partial charge in [-0.25, -0.2) is 0 Å². The first-order chi connectivity index (χ1) is 10.6. The Bertz CT molecular complexity index is 509. The first-order valence-corrected chi connectivity index (χ1v) is 8.21. The number of hydrogen-bond donors (Lipinski definition) is 0. The van der Waals surface area contributed by atoms with E-state index in [1.807, 2.05) is 19.9 Å². The third-order valence-electron chi connectivity index (χ3n) is 5.00. The third kappa shape index (κ3) is 2.74. The maximum absolute atomic E-state index is 6.51. The number of halogens is 1. The van der Waals surface area contributed by atoms with Crippen molar-refractivity contribution in [2.24, 2.45) is 0 Å². The first kappa shape index (κ1) is 17.6. The van der Waals surface area contributed by atoms with Gasteiger partial charge in [0, 0.05) is 14.2 Å². The molecular formula is C16H25ClO6. The van der Waals surface area contributed by atoms with E-state index in [1.54, 1.807) is 28.1 Å². The van der Waals surface area contributed by atoms with Gasteiger partial charge in [-0.15, -0.1) is 11.6 Å². The van der Waals surface area contributed by atoms with Gasteiger partial charge in [0.05, 0.1) is 12.0 Å². The largest absolute Gasteiger partial charge is 0.349 e. The van der Waals surface area contributed by atoms with Crippen molar-refractivity contribution in [1.82, 2.24) is 0 Å². The third-order valence-corrected chi connectivity index (χ3v) is 5.37. The van der Waals surface area contributed by atoms with E-state index in [1.165, 1.54) is 0 Å². The molecule has 2 aliphatic heterocycles. The van der Waals surface area contributed by atoms with Crippen LogP contribution in [0.15, 0.2) is 11.6 Å². The molecule has 7 heteroatoms. The van der Waals surface area contributed by atoms with Gasteiger partial charge >= 0.3 is 0 Å². The molecule has 0 N–H and O–H groups in total. The molecule has 0 saturated carbocycles. The summed E-state index contributed by atoms with van der Waals surface area (Å²) < 4.78 is 35.4. The molecule has 0 bridgehead atoms. The summed E-state index contributed by atoms with van der Waals surface area (Å²) in [5.74, 6) is -2.86. The van der Waals surface area contributed by atoms with Gasteiger partial charge in [0.15, 0.2) is 5.79 Å². The summed E-state index contributed by atoms with van der Waals surface area (Å²) in [5.41, 5.74) is 0.966. The summed E-state index contributed by atoms with van der Waals surface area (Å²) in [4.78, 5) is 0. The number of alkyl halides is 1. The molecule has 0 unspecified atom stereocenters. The molecule has 6 atom stereocenters. The lowest BCUT2D eigenvalue weighted by molar-refractivity contribution is -0.458. The van der Waals surface area contributed by atoms with Crippen LogP contribution in [0, 0.1) is 0 Å². The summed E-state index contributed by atoms with van der Waals surface area (Å²) in [6, 6.07) is 0. The van der Waals surface area contributed by atoms with E-state index >= 15 is 0 Å². The lowest BCUT2D eigenvalue weighted by atomic mass is 9.87. The maximum atomic E-state index is 6.51. The highest BCUT2D eigenvalue weighted by atomic mass is 35.5.